The molecule has 2 rings (SSSR count). The summed E-state index contributed by atoms with van der Waals surface area (Å²) in [7, 11) is 0. The molecule has 0 aliphatic heterocycles. The van der Waals surface area contributed by atoms with Gasteiger partial charge in [-0.05, 0) is 44.1 Å². The number of nitrogens with one attached hydrogen (secondary N) is 2. The molecule has 108 valence electrons. The van der Waals surface area contributed by atoms with Crippen LogP contribution in [0.3, 0.4) is 0 Å². The van der Waals surface area contributed by atoms with Crippen molar-refractivity contribution < 1.29 is 4.42 Å². The summed E-state index contributed by atoms with van der Waals surface area (Å²) in [6, 6.07) is 1.04. The van der Waals surface area contributed by atoms with E-state index >= 15 is 0 Å². The van der Waals surface area contributed by atoms with Gasteiger partial charge >= 0.3 is 6.01 Å². The fraction of sp³-hybridized carbons (Fsp3) is 0.857. The molecule has 1 aliphatic carbocycles. The molecule has 1 heterocycles. The highest BCUT2D eigenvalue weighted by Crippen LogP contribution is 2.30. The van der Waals surface area contributed by atoms with Crippen LogP contribution in [-0.2, 0) is 6.54 Å². The molecule has 1 aliphatic rings. The highest BCUT2D eigenvalue weighted by atomic mass is 16.4. The van der Waals surface area contributed by atoms with E-state index in [9.17, 15) is 0 Å². The molecule has 0 spiro atoms. The molecular weight excluding hydrogens is 240 g/mol. The number of hydrogen-bond donors (Lipinski definition) is 2. The lowest BCUT2D eigenvalue weighted by Gasteiger charge is -2.31. The molecule has 5 nitrogen and oxygen atoms in total. The molecule has 2 atom stereocenters. The molecule has 0 saturated heterocycles. The third-order valence-corrected chi connectivity index (χ3v) is 3.68. The second-order valence-corrected chi connectivity index (χ2v) is 5.94. The van der Waals surface area contributed by atoms with Crippen LogP contribution in [0.25, 0.3) is 0 Å². The van der Waals surface area contributed by atoms with Gasteiger partial charge in [0.15, 0.2) is 0 Å². The van der Waals surface area contributed by atoms with E-state index in [0.29, 0.717) is 24.5 Å². The molecule has 0 amide bonds. The van der Waals surface area contributed by atoms with Gasteiger partial charge < -0.3 is 15.1 Å². The van der Waals surface area contributed by atoms with Gasteiger partial charge in [0.1, 0.15) is 0 Å². The van der Waals surface area contributed by atoms with Crippen LogP contribution in [0.5, 0.6) is 0 Å². The standard InChI is InChI=1S/C14H26N4O/c1-4-5-15-9-13-17-18-14(19-13)16-12-7-10(2)6-11(3)8-12/h10-12,15H,4-9H2,1-3H3,(H,16,18). The molecule has 0 radical (unpaired) electrons. The topological polar surface area (TPSA) is 63.0 Å². The van der Waals surface area contributed by atoms with Gasteiger partial charge in [0, 0.05) is 6.04 Å². The summed E-state index contributed by atoms with van der Waals surface area (Å²) < 4.78 is 5.61. The van der Waals surface area contributed by atoms with E-state index in [4.69, 9.17) is 4.42 Å². The van der Waals surface area contributed by atoms with Crippen molar-refractivity contribution in [2.24, 2.45) is 11.8 Å². The molecule has 1 saturated carbocycles. The summed E-state index contributed by atoms with van der Waals surface area (Å²) in [5, 5.41) is 14.8. The third-order valence-electron chi connectivity index (χ3n) is 3.68. The van der Waals surface area contributed by atoms with Gasteiger partial charge in [0.2, 0.25) is 5.89 Å². The van der Waals surface area contributed by atoms with Crippen molar-refractivity contribution in [3.8, 4) is 0 Å². The van der Waals surface area contributed by atoms with Gasteiger partial charge in [-0.1, -0.05) is 25.9 Å². The Kier molecular flexibility index (Phi) is 5.19. The Balaban J connectivity index is 1.82. The summed E-state index contributed by atoms with van der Waals surface area (Å²) in [5.41, 5.74) is 0. The Morgan fingerprint density at radius 3 is 2.58 bits per heavy atom. The van der Waals surface area contributed by atoms with Crippen molar-refractivity contribution >= 4 is 6.01 Å². The lowest BCUT2D eigenvalue weighted by atomic mass is 9.80. The van der Waals surface area contributed by atoms with Gasteiger partial charge in [0.25, 0.3) is 0 Å². The monoisotopic (exact) mass is 266 g/mol. The number of anilines is 1. The van der Waals surface area contributed by atoms with Crippen LogP contribution >= 0.6 is 0 Å². The Labute approximate surface area is 115 Å². The Morgan fingerprint density at radius 1 is 1.16 bits per heavy atom. The van der Waals surface area contributed by atoms with E-state index in [-0.39, 0.29) is 0 Å². The van der Waals surface area contributed by atoms with Crippen LogP contribution in [0, 0.1) is 11.8 Å². The first-order chi connectivity index (χ1) is 9.17. The second-order valence-electron chi connectivity index (χ2n) is 5.94. The minimum atomic E-state index is 0.468. The van der Waals surface area contributed by atoms with Crippen LogP contribution in [0.1, 0.15) is 52.3 Å². The third kappa shape index (κ3) is 4.49. The molecule has 1 fully saturated rings. The SMILES string of the molecule is CCCNCc1nnc(NC2CC(C)CC(C)C2)o1. The Bertz CT molecular complexity index is 369. The van der Waals surface area contributed by atoms with Gasteiger partial charge in [-0.2, -0.15) is 0 Å². The number of rotatable bonds is 6. The average molecular weight is 266 g/mol. The fourth-order valence-corrected chi connectivity index (χ4v) is 2.99. The summed E-state index contributed by atoms with van der Waals surface area (Å²) in [6.45, 7) is 8.40. The molecule has 0 aromatic carbocycles. The van der Waals surface area contributed by atoms with Crippen molar-refractivity contribution in [1.29, 1.82) is 0 Å². The Morgan fingerprint density at radius 2 is 1.89 bits per heavy atom. The fourth-order valence-electron chi connectivity index (χ4n) is 2.99. The normalized spacial score (nSPS) is 27.4. The van der Waals surface area contributed by atoms with E-state index < -0.39 is 0 Å². The minimum absolute atomic E-state index is 0.468. The maximum absolute atomic E-state index is 5.61. The molecule has 2 unspecified atom stereocenters. The lowest BCUT2D eigenvalue weighted by molar-refractivity contribution is 0.277. The van der Waals surface area contributed by atoms with Crippen molar-refractivity contribution in [2.75, 3.05) is 11.9 Å². The van der Waals surface area contributed by atoms with Crippen molar-refractivity contribution in [2.45, 2.75) is 59.0 Å². The molecule has 1 aromatic rings. The zero-order valence-electron chi connectivity index (χ0n) is 12.3. The van der Waals surface area contributed by atoms with Crippen LogP contribution in [0.4, 0.5) is 6.01 Å². The van der Waals surface area contributed by atoms with Crippen LogP contribution < -0.4 is 10.6 Å². The maximum atomic E-state index is 5.61. The summed E-state index contributed by atoms with van der Waals surface area (Å²) in [4.78, 5) is 0. The largest absolute Gasteiger partial charge is 0.407 e. The quantitative estimate of drug-likeness (QED) is 0.775. The predicted octanol–water partition coefficient (Wildman–Crippen LogP) is 2.81. The number of aromatic nitrogens is 2. The lowest BCUT2D eigenvalue weighted by Crippen LogP contribution is -2.30. The van der Waals surface area contributed by atoms with Gasteiger partial charge in [-0.25, -0.2) is 0 Å². The first kappa shape index (κ1) is 14.3. The highest BCUT2D eigenvalue weighted by molar-refractivity contribution is 5.20. The average Bonchev–Trinajstić information content (AvgIpc) is 2.76. The van der Waals surface area contributed by atoms with Crippen molar-refractivity contribution in [1.82, 2.24) is 15.5 Å². The zero-order chi connectivity index (χ0) is 13.7. The van der Waals surface area contributed by atoms with Gasteiger partial charge in [-0.15, -0.1) is 5.10 Å². The first-order valence-electron chi connectivity index (χ1n) is 7.47. The molecule has 2 N–H and O–H groups in total. The van der Waals surface area contributed by atoms with Crippen molar-refractivity contribution in [3.05, 3.63) is 5.89 Å². The second kappa shape index (κ2) is 6.89. The zero-order valence-corrected chi connectivity index (χ0v) is 12.3. The van der Waals surface area contributed by atoms with Crippen LogP contribution in [-0.4, -0.2) is 22.8 Å². The summed E-state index contributed by atoms with van der Waals surface area (Å²) in [6.07, 6.45) is 4.82. The minimum Gasteiger partial charge on any atom is -0.407 e. The van der Waals surface area contributed by atoms with E-state index in [1.165, 1.54) is 19.3 Å². The molecular formula is C14H26N4O. The highest BCUT2D eigenvalue weighted by Gasteiger charge is 2.24. The smallest absolute Gasteiger partial charge is 0.315 e. The predicted molar refractivity (Wildman–Crippen MR) is 75.9 cm³/mol. The van der Waals surface area contributed by atoms with E-state index in [0.717, 1.165) is 24.8 Å². The van der Waals surface area contributed by atoms with Crippen LogP contribution in [0.15, 0.2) is 4.42 Å². The first-order valence-corrected chi connectivity index (χ1v) is 7.47. The van der Waals surface area contributed by atoms with Gasteiger partial charge in [-0.3, -0.25) is 0 Å². The van der Waals surface area contributed by atoms with E-state index in [1.807, 2.05) is 0 Å². The van der Waals surface area contributed by atoms with Gasteiger partial charge in [0.05, 0.1) is 6.54 Å². The molecule has 0 bridgehead atoms. The van der Waals surface area contributed by atoms with E-state index in [1.54, 1.807) is 0 Å². The summed E-state index contributed by atoms with van der Waals surface area (Å²) in [5.74, 6) is 2.21. The molecule has 19 heavy (non-hydrogen) atoms. The van der Waals surface area contributed by atoms with E-state index in [2.05, 4.69) is 41.6 Å². The van der Waals surface area contributed by atoms with Crippen molar-refractivity contribution in [3.63, 3.8) is 0 Å². The number of nitrogens with zero attached hydrogens (tertiary/aromatic N) is 2. The Hall–Kier alpha value is -1.10. The molecule has 5 heteroatoms. The van der Waals surface area contributed by atoms with Crippen LogP contribution in [0.2, 0.25) is 0 Å². The number of hydrogen-bond acceptors (Lipinski definition) is 5. The molecule has 1 aromatic heterocycles. The summed E-state index contributed by atoms with van der Waals surface area (Å²) >= 11 is 0. The maximum Gasteiger partial charge on any atom is 0.315 e.